The van der Waals surface area contributed by atoms with Gasteiger partial charge in [-0.15, -0.1) is 12.4 Å². The van der Waals surface area contributed by atoms with Crippen molar-refractivity contribution in [3.8, 4) is 5.75 Å². The van der Waals surface area contributed by atoms with Crippen molar-refractivity contribution in [2.24, 2.45) is 5.92 Å². The number of likely N-dealkylation sites (tertiary alicyclic amines) is 1. The van der Waals surface area contributed by atoms with Crippen molar-refractivity contribution in [2.75, 3.05) is 62.0 Å². The quantitative estimate of drug-likeness (QED) is 0.0835. The lowest BCUT2D eigenvalue weighted by Gasteiger charge is -2.43. The number of unbranched alkanes of at least 4 members (excludes halogenated alkanes) is 1. The molecule has 1 aromatic heterocycles. The number of likely N-dealkylation sites (N-methyl/N-ethyl adjacent to an activating group) is 1. The Bertz CT molecular complexity index is 2300. The summed E-state index contributed by atoms with van der Waals surface area (Å²) in [5.74, 6) is 1.49. The fraction of sp³-hybridized carbons (Fsp3) is 0.551. The fourth-order valence-corrected chi connectivity index (χ4v) is 10.3. The Balaban J connectivity index is 0.00000648. The van der Waals surface area contributed by atoms with Gasteiger partial charge in [-0.3, -0.25) is 34.1 Å². The number of amides is 5. The Kier molecular flexibility index (Phi) is 16.1. The van der Waals surface area contributed by atoms with E-state index in [0.717, 1.165) is 101 Å². The molecule has 3 aromatic rings. The molecule has 2 saturated heterocycles. The maximum atomic E-state index is 13.5. The largest absolute Gasteiger partial charge is 0.496 e. The van der Waals surface area contributed by atoms with E-state index in [1.807, 2.05) is 25.2 Å². The number of halogens is 1. The van der Waals surface area contributed by atoms with Gasteiger partial charge in [0.2, 0.25) is 23.6 Å². The van der Waals surface area contributed by atoms with Gasteiger partial charge in [-0.05, 0) is 95.1 Å². The number of anilines is 3. The van der Waals surface area contributed by atoms with Gasteiger partial charge in [-0.2, -0.15) is 0 Å². The molecule has 0 radical (unpaired) electrons. The van der Waals surface area contributed by atoms with Gasteiger partial charge in [0.25, 0.3) is 5.91 Å². The summed E-state index contributed by atoms with van der Waals surface area (Å²) >= 11 is 0. The maximum Gasteiger partial charge on any atom is 0.255 e. The number of hydrogen-bond acceptors (Lipinski definition) is 12. The summed E-state index contributed by atoms with van der Waals surface area (Å²) in [4.78, 5) is 94.5. The molecule has 0 spiro atoms. The number of nitrogens with zero attached hydrogens (tertiary/aromatic N) is 6. The average Bonchev–Trinajstić information content (AvgIpc) is 3.96. The number of nitrogens with one attached hydrogen (secondary N) is 3. The summed E-state index contributed by atoms with van der Waals surface area (Å²) in [7, 11) is 3.44. The van der Waals surface area contributed by atoms with E-state index in [1.54, 1.807) is 36.4 Å². The number of ketones is 1. The van der Waals surface area contributed by atoms with Gasteiger partial charge in [0.1, 0.15) is 29.3 Å². The summed E-state index contributed by atoms with van der Waals surface area (Å²) in [5, 5.41) is 8.80. The predicted octanol–water partition coefficient (Wildman–Crippen LogP) is 5.45. The number of methoxy groups -OCH3 is 1. The van der Waals surface area contributed by atoms with Crippen LogP contribution in [-0.2, 0) is 32.1 Å². The van der Waals surface area contributed by atoms with Crippen molar-refractivity contribution in [3.63, 3.8) is 0 Å². The van der Waals surface area contributed by atoms with E-state index in [0.29, 0.717) is 71.6 Å². The zero-order valence-corrected chi connectivity index (χ0v) is 39.3. The molecular formula is C49H64ClN9O7. The standard InChI is InChI=1S/C49H63N9O7.ClH/c1-4-38-49(64)55(2)40-29-51-43(53-46(40)58(38)34-10-5-6-11-34)28-33-16-15-32(27-42(33)65-3)41(59)26-31-19-23-56(24-20-31)25-22-50-21-8-7-14-44(60)52-37-13-9-12-35-36(37)30-57(48(35)63)39-17-18-45(61)54-47(39)62;/h9,12-13,15-16,27,29,31,34,38-39,50H,4-8,10-11,14,17-26,28,30H2,1-3H3,(H,52,60)(H,54,61,62);1H/t38-,39?;/m1./s1. The molecule has 3 fully saturated rings. The molecule has 2 aromatic carbocycles. The second-order valence-electron chi connectivity index (χ2n) is 18.3. The number of Topliss-reactive ketones (excluding diaryl/α,β-unsaturated/α-hetero) is 1. The van der Waals surface area contributed by atoms with Crippen LogP contribution in [0.3, 0.4) is 0 Å². The Labute approximate surface area is 393 Å². The van der Waals surface area contributed by atoms with Crippen molar-refractivity contribution >= 4 is 64.9 Å². The Hall–Kier alpha value is -5.45. The van der Waals surface area contributed by atoms with E-state index in [2.05, 4.69) is 37.7 Å². The molecule has 8 rings (SSSR count). The summed E-state index contributed by atoms with van der Waals surface area (Å²) in [6, 6.07) is 10.3. The normalized spacial score (nSPS) is 20.3. The lowest BCUT2D eigenvalue weighted by atomic mass is 9.89. The number of aromatic nitrogens is 2. The molecular weight excluding hydrogens is 862 g/mol. The topological polar surface area (TPSA) is 186 Å². The highest BCUT2D eigenvalue weighted by atomic mass is 35.5. The Morgan fingerprint density at radius 2 is 1.76 bits per heavy atom. The second kappa shape index (κ2) is 21.9. The molecule has 1 unspecified atom stereocenters. The van der Waals surface area contributed by atoms with Crippen LogP contribution in [0.1, 0.15) is 128 Å². The van der Waals surface area contributed by atoms with Crippen LogP contribution in [0.4, 0.5) is 17.2 Å². The molecule has 2 atom stereocenters. The minimum absolute atomic E-state index is 0. The van der Waals surface area contributed by atoms with Gasteiger partial charge in [0.15, 0.2) is 11.6 Å². The van der Waals surface area contributed by atoms with Gasteiger partial charge >= 0.3 is 0 Å². The van der Waals surface area contributed by atoms with Gasteiger partial charge in [-0.1, -0.05) is 38.0 Å². The summed E-state index contributed by atoms with van der Waals surface area (Å²) in [6.45, 7) is 6.74. The van der Waals surface area contributed by atoms with Gasteiger partial charge in [0.05, 0.1) is 13.3 Å². The number of benzene rings is 2. The third-order valence-electron chi connectivity index (χ3n) is 14.1. The van der Waals surface area contributed by atoms with Crippen LogP contribution in [0, 0.1) is 5.92 Å². The van der Waals surface area contributed by atoms with E-state index in [4.69, 9.17) is 9.72 Å². The number of ether oxygens (including phenoxy) is 1. The van der Waals surface area contributed by atoms with Crippen molar-refractivity contribution in [1.29, 1.82) is 0 Å². The number of carbonyl (C=O) groups is 6. The van der Waals surface area contributed by atoms with Crippen LogP contribution >= 0.6 is 12.4 Å². The lowest BCUT2D eigenvalue weighted by Crippen LogP contribution is -2.55. The van der Waals surface area contributed by atoms with Crippen molar-refractivity contribution in [2.45, 2.75) is 121 Å². The Morgan fingerprint density at radius 1 is 0.970 bits per heavy atom. The van der Waals surface area contributed by atoms with Crippen molar-refractivity contribution < 1.29 is 33.5 Å². The van der Waals surface area contributed by atoms with E-state index in [-0.39, 0.29) is 67.2 Å². The van der Waals surface area contributed by atoms with E-state index in [1.165, 1.54) is 4.90 Å². The highest BCUT2D eigenvalue weighted by Gasteiger charge is 2.42. The molecule has 5 heterocycles. The molecule has 354 valence electrons. The third kappa shape index (κ3) is 10.7. The highest BCUT2D eigenvalue weighted by molar-refractivity contribution is 6.07. The SMILES string of the molecule is CC[C@@H]1C(=O)N(C)c2cnc(Cc3ccc(C(=O)CC4CCN(CCNCCCCC(=O)Nc5cccc6c5CN(C5CCC(=O)NC5=O)C6=O)CC4)cc3OC)nc2N1C1CCCC1.Cl. The van der Waals surface area contributed by atoms with Gasteiger partial charge in [0, 0.05) is 86.3 Å². The monoisotopic (exact) mass is 925 g/mol. The van der Waals surface area contributed by atoms with Crippen molar-refractivity contribution in [1.82, 2.24) is 30.4 Å². The summed E-state index contributed by atoms with van der Waals surface area (Å²) < 4.78 is 5.81. The van der Waals surface area contributed by atoms with E-state index in [9.17, 15) is 28.8 Å². The first-order chi connectivity index (χ1) is 31.5. The number of imide groups is 1. The number of rotatable bonds is 18. The number of hydrogen-bond donors (Lipinski definition) is 3. The number of carbonyl (C=O) groups excluding carboxylic acids is 6. The molecule has 1 aliphatic carbocycles. The van der Waals surface area contributed by atoms with Crippen LogP contribution in [-0.4, -0.2) is 120 Å². The fourth-order valence-electron chi connectivity index (χ4n) is 10.3. The smallest absolute Gasteiger partial charge is 0.255 e. The summed E-state index contributed by atoms with van der Waals surface area (Å²) in [5.41, 5.74) is 4.05. The van der Waals surface area contributed by atoms with E-state index >= 15 is 0 Å². The average molecular weight is 927 g/mol. The van der Waals surface area contributed by atoms with Gasteiger partial charge in [-0.25, -0.2) is 9.97 Å². The van der Waals surface area contributed by atoms with Crippen LogP contribution in [0.5, 0.6) is 5.75 Å². The van der Waals surface area contributed by atoms with Crippen LogP contribution < -0.4 is 30.5 Å². The van der Waals surface area contributed by atoms with Crippen molar-refractivity contribution in [3.05, 3.63) is 70.7 Å². The molecule has 5 aliphatic rings. The zero-order valence-electron chi connectivity index (χ0n) is 38.4. The highest BCUT2D eigenvalue weighted by Crippen LogP contribution is 2.40. The number of fused-ring (bicyclic) bond motifs is 2. The molecule has 16 nitrogen and oxygen atoms in total. The minimum Gasteiger partial charge on any atom is -0.496 e. The predicted molar refractivity (Wildman–Crippen MR) is 253 cm³/mol. The molecule has 17 heteroatoms. The third-order valence-corrected chi connectivity index (χ3v) is 14.1. The minimum atomic E-state index is -0.704. The molecule has 3 N–H and O–H groups in total. The molecule has 1 saturated carbocycles. The van der Waals surface area contributed by atoms with Crippen LogP contribution in [0.25, 0.3) is 0 Å². The zero-order chi connectivity index (χ0) is 45.6. The summed E-state index contributed by atoms with van der Waals surface area (Å²) in [6.07, 6.45) is 12.2. The molecule has 4 aliphatic heterocycles. The first kappa shape index (κ1) is 48.5. The first-order valence-electron chi connectivity index (χ1n) is 23.6. The second-order valence-corrected chi connectivity index (χ2v) is 18.3. The van der Waals surface area contributed by atoms with Crippen LogP contribution in [0.2, 0.25) is 0 Å². The van der Waals surface area contributed by atoms with Crippen LogP contribution in [0.15, 0.2) is 42.6 Å². The number of piperidine rings is 2. The molecule has 66 heavy (non-hydrogen) atoms. The van der Waals surface area contributed by atoms with Gasteiger partial charge < -0.3 is 35.0 Å². The first-order valence-corrected chi connectivity index (χ1v) is 23.6. The lowest BCUT2D eigenvalue weighted by molar-refractivity contribution is -0.137. The Morgan fingerprint density at radius 3 is 2.50 bits per heavy atom. The molecule has 5 amide bonds. The maximum absolute atomic E-state index is 13.5. The van der Waals surface area contributed by atoms with E-state index < -0.39 is 11.9 Å². The molecule has 0 bridgehead atoms.